The maximum atomic E-state index is 11.6. The van der Waals surface area contributed by atoms with Gasteiger partial charge in [0.25, 0.3) is 0 Å². The summed E-state index contributed by atoms with van der Waals surface area (Å²) in [5, 5.41) is 6.81. The molecule has 7 nitrogen and oxygen atoms in total. The molecule has 1 fully saturated rings. The Morgan fingerprint density at radius 3 is 2.96 bits per heavy atom. The van der Waals surface area contributed by atoms with Crippen molar-refractivity contribution in [2.45, 2.75) is 25.7 Å². The number of likely N-dealkylation sites (tertiary alicyclic amines) is 1. The van der Waals surface area contributed by atoms with E-state index in [9.17, 15) is 4.79 Å². The minimum atomic E-state index is 0.0476. The Hall–Kier alpha value is -2.06. The lowest BCUT2D eigenvalue weighted by Gasteiger charge is -2.32. The molecule has 0 spiro atoms. The quantitative estimate of drug-likeness (QED) is 0.860. The molecule has 24 heavy (non-hydrogen) atoms. The smallest absolute Gasteiger partial charge is 0.233 e. The Morgan fingerprint density at radius 2 is 2.21 bits per heavy atom. The average Bonchev–Trinajstić information content (AvgIpc) is 3.00. The molecule has 0 saturated carbocycles. The van der Waals surface area contributed by atoms with E-state index in [1.165, 1.54) is 0 Å². The highest BCUT2D eigenvalue weighted by molar-refractivity contribution is 7.15. The van der Waals surface area contributed by atoms with Crippen molar-refractivity contribution in [2.24, 2.45) is 0 Å². The lowest BCUT2D eigenvalue weighted by molar-refractivity contribution is -0.122. The fraction of sp³-hybridized carbons (Fsp3) is 0.500. The molecule has 2 N–H and O–H groups in total. The van der Waals surface area contributed by atoms with Crippen molar-refractivity contribution in [1.29, 1.82) is 0 Å². The van der Waals surface area contributed by atoms with Crippen LogP contribution < -0.4 is 10.6 Å². The summed E-state index contributed by atoms with van der Waals surface area (Å²) in [6.07, 6.45) is 7.36. The Bertz CT molecular complexity index is 703. The van der Waals surface area contributed by atoms with Crippen LogP contribution >= 0.6 is 11.3 Å². The van der Waals surface area contributed by atoms with Crippen LogP contribution in [0.4, 0.5) is 10.9 Å². The number of thiazole rings is 1. The third-order valence-corrected chi connectivity index (χ3v) is 4.94. The predicted molar refractivity (Wildman–Crippen MR) is 94.6 cm³/mol. The minimum Gasteiger partial charge on any atom is -0.358 e. The maximum Gasteiger partial charge on any atom is 0.233 e. The van der Waals surface area contributed by atoms with E-state index in [1.54, 1.807) is 30.8 Å². The van der Waals surface area contributed by atoms with Crippen molar-refractivity contribution < 1.29 is 4.79 Å². The highest BCUT2D eigenvalue weighted by atomic mass is 32.1. The molecule has 1 atom stereocenters. The summed E-state index contributed by atoms with van der Waals surface area (Å²) in [6.45, 7) is 4.22. The van der Waals surface area contributed by atoms with Crippen molar-refractivity contribution in [3.05, 3.63) is 29.2 Å². The average molecular weight is 346 g/mol. The van der Waals surface area contributed by atoms with Gasteiger partial charge in [0.15, 0.2) is 10.9 Å². The molecule has 1 aliphatic rings. The largest absolute Gasteiger partial charge is 0.358 e. The maximum absolute atomic E-state index is 11.6. The van der Waals surface area contributed by atoms with Gasteiger partial charge in [-0.1, -0.05) is 0 Å². The Morgan fingerprint density at radius 1 is 1.38 bits per heavy atom. The summed E-state index contributed by atoms with van der Waals surface area (Å²) < 4.78 is 0. The predicted octanol–water partition coefficient (Wildman–Crippen LogP) is 1.91. The van der Waals surface area contributed by atoms with E-state index in [0.29, 0.717) is 6.54 Å². The molecule has 0 aliphatic carbocycles. The number of hydrogen-bond donors (Lipinski definition) is 2. The van der Waals surface area contributed by atoms with E-state index in [0.717, 1.165) is 47.5 Å². The minimum absolute atomic E-state index is 0.0476. The first-order valence-corrected chi connectivity index (χ1v) is 8.90. The molecule has 1 saturated heterocycles. The zero-order valence-electron chi connectivity index (χ0n) is 14.0. The van der Waals surface area contributed by atoms with Gasteiger partial charge >= 0.3 is 0 Å². The van der Waals surface area contributed by atoms with Gasteiger partial charge in [0, 0.05) is 43.0 Å². The van der Waals surface area contributed by atoms with Gasteiger partial charge < -0.3 is 10.6 Å². The number of amides is 1. The van der Waals surface area contributed by atoms with Crippen LogP contribution in [0.3, 0.4) is 0 Å². The first-order valence-electron chi connectivity index (χ1n) is 8.09. The van der Waals surface area contributed by atoms with Gasteiger partial charge in [-0.05, 0) is 26.3 Å². The topological polar surface area (TPSA) is 83.0 Å². The van der Waals surface area contributed by atoms with Crippen LogP contribution in [0.2, 0.25) is 0 Å². The molecular weight excluding hydrogens is 324 g/mol. The second-order valence-corrected chi connectivity index (χ2v) is 7.17. The van der Waals surface area contributed by atoms with Gasteiger partial charge in [-0.15, -0.1) is 11.3 Å². The van der Waals surface area contributed by atoms with Gasteiger partial charge in [-0.25, -0.2) is 9.97 Å². The molecule has 0 aromatic carbocycles. The fourth-order valence-electron chi connectivity index (χ4n) is 2.96. The highest BCUT2D eigenvalue weighted by Crippen LogP contribution is 2.31. The van der Waals surface area contributed by atoms with Crippen LogP contribution in [0.25, 0.3) is 0 Å². The third kappa shape index (κ3) is 4.07. The normalized spacial score (nSPS) is 18.3. The number of carbonyl (C=O) groups excluding carboxylic acids is 1. The van der Waals surface area contributed by atoms with Crippen LogP contribution in [0, 0.1) is 6.92 Å². The molecule has 128 valence electrons. The summed E-state index contributed by atoms with van der Waals surface area (Å²) in [6, 6.07) is 0. The summed E-state index contributed by atoms with van der Waals surface area (Å²) in [7, 11) is 1.67. The number of hydrogen-bond acceptors (Lipinski definition) is 7. The fourth-order valence-corrected chi connectivity index (χ4v) is 3.63. The Balaban J connectivity index is 1.75. The summed E-state index contributed by atoms with van der Waals surface area (Å²) >= 11 is 1.60. The zero-order valence-corrected chi connectivity index (χ0v) is 14.8. The van der Waals surface area contributed by atoms with Crippen molar-refractivity contribution in [3.63, 3.8) is 0 Å². The van der Waals surface area contributed by atoms with Crippen molar-refractivity contribution in [1.82, 2.24) is 25.2 Å². The monoisotopic (exact) mass is 346 g/mol. The first-order chi connectivity index (χ1) is 11.7. The van der Waals surface area contributed by atoms with Crippen LogP contribution in [-0.4, -0.2) is 52.4 Å². The molecule has 2 aromatic rings. The molecule has 1 amide bonds. The second-order valence-electron chi connectivity index (χ2n) is 5.94. The number of carbonyl (C=O) groups is 1. The number of aryl methyl sites for hydroxylation is 1. The molecule has 3 rings (SSSR count). The Labute approximate surface area is 145 Å². The number of anilines is 2. The van der Waals surface area contributed by atoms with E-state index in [2.05, 4.69) is 30.5 Å². The molecule has 2 aromatic heterocycles. The van der Waals surface area contributed by atoms with Crippen molar-refractivity contribution >= 4 is 28.2 Å². The summed E-state index contributed by atoms with van der Waals surface area (Å²) in [5.74, 6) is 1.07. The molecule has 0 unspecified atom stereocenters. The molecular formula is C16H22N6OS. The third-order valence-electron chi connectivity index (χ3n) is 4.11. The van der Waals surface area contributed by atoms with Gasteiger partial charge in [-0.3, -0.25) is 14.7 Å². The SMILES string of the molecule is CNC(=O)CN1CCC[C@@H](c2nccnc2Nc2ncc(C)s2)C1. The highest BCUT2D eigenvalue weighted by Gasteiger charge is 2.26. The zero-order chi connectivity index (χ0) is 16.9. The number of nitrogens with zero attached hydrogens (tertiary/aromatic N) is 4. The van der Waals surface area contributed by atoms with E-state index in [-0.39, 0.29) is 11.8 Å². The second kappa shape index (κ2) is 7.67. The number of likely N-dealkylation sites (N-methyl/N-ethyl adjacent to an activating group) is 1. The van der Waals surface area contributed by atoms with Gasteiger partial charge in [0.1, 0.15) is 0 Å². The van der Waals surface area contributed by atoms with E-state index < -0.39 is 0 Å². The van der Waals surface area contributed by atoms with Crippen LogP contribution in [0.5, 0.6) is 0 Å². The van der Waals surface area contributed by atoms with Gasteiger partial charge in [0.05, 0.1) is 12.2 Å². The first kappa shape index (κ1) is 16.8. The lowest BCUT2D eigenvalue weighted by atomic mass is 9.94. The standard InChI is InChI=1S/C16H22N6OS/c1-11-8-20-16(24-11)21-15-14(18-5-6-19-15)12-4-3-7-22(9-12)10-13(23)17-2/h5-6,8,12H,3-4,7,9-10H2,1-2H3,(H,17,23)(H,19,20,21)/t12-/m1/s1. The number of nitrogens with one attached hydrogen (secondary N) is 2. The number of aromatic nitrogens is 3. The van der Waals surface area contributed by atoms with Crippen molar-refractivity contribution in [2.75, 3.05) is 32.0 Å². The Kier molecular flexibility index (Phi) is 5.37. The molecule has 8 heteroatoms. The van der Waals surface area contributed by atoms with Crippen LogP contribution in [0.15, 0.2) is 18.6 Å². The lowest BCUT2D eigenvalue weighted by Crippen LogP contribution is -2.41. The van der Waals surface area contributed by atoms with Gasteiger partial charge in [-0.2, -0.15) is 0 Å². The summed E-state index contributed by atoms with van der Waals surface area (Å²) in [4.78, 5) is 28.3. The van der Waals surface area contributed by atoms with Crippen LogP contribution in [0.1, 0.15) is 29.3 Å². The molecule has 0 radical (unpaired) electrons. The van der Waals surface area contributed by atoms with Crippen LogP contribution in [-0.2, 0) is 4.79 Å². The molecule has 0 bridgehead atoms. The van der Waals surface area contributed by atoms with Crippen molar-refractivity contribution in [3.8, 4) is 0 Å². The van der Waals surface area contributed by atoms with Gasteiger partial charge in [0.2, 0.25) is 5.91 Å². The molecule has 1 aliphatic heterocycles. The number of rotatable bonds is 5. The molecule has 3 heterocycles. The van der Waals surface area contributed by atoms with E-state index in [4.69, 9.17) is 0 Å². The van der Waals surface area contributed by atoms with E-state index in [1.807, 2.05) is 13.1 Å². The summed E-state index contributed by atoms with van der Waals surface area (Å²) in [5.41, 5.74) is 0.951. The van der Waals surface area contributed by atoms with E-state index >= 15 is 0 Å². The number of piperidine rings is 1.